The summed E-state index contributed by atoms with van der Waals surface area (Å²) >= 11 is 0. The number of hydrogen-bond acceptors (Lipinski definition) is 8. The summed E-state index contributed by atoms with van der Waals surface area (Å²) in [6, 6.07) is 14.9. The molecule has 296 valence electrons. The number of piperazine rings is 1. The topological polar surface area (TPSA) is 125 Å². The number of amides is 2. The number of benzene rings is 2. The van der Waals surface area contributed by atoms with Gasteiger partial charge in [-0.1, -0.05) is 31.2 Å². The molecule has 11 nitrogen and oxygen atoms in total. The standard InChI is InChI=1S/C43H59FN8O3/c1-7-39-36(42(49-34-17-19-55-20-18-34)37-25-47-52(8-2)43(37)50-39)24-46-41(54)14-10-13-40(53)45-23-31-15-16-38(44)35(22-31)33-12-9-11-32(21-33)26-51-29(5)27(3)48-28(4)30(51)6/h9,11-12,15-16,21-22,25,27-30,34,48H,7-8,10,13-14,17-20,23-24,26H2,1-6H3,(H,45,53)(H,46,54)(H,49,50). The van der Waals surface area contributed by atoms with E-state index in [1.165, 1.54) is 6.07 Å². The maximum absolute atomic E-state index is 15.2. The van der Waals surface area contributed by atoms with Crippen molar-refractivity contribution in [3.8, 4) is 11.1 Å². The minimum Gasteiger partial charge on any atom is -0.381 e. The largest absolute Gasteiger partial charge is 0.381 e. The Morgan fingerprint density at radius 3 is 2.33 bits per heavy atom. The minimum absolute atomic E-state index is 0.119. The van der Waals surface area contributed by atoms with Gasteiger partial charge in [0, 0.05) is 99.3 Å². The number of hydrogen-bond donors (Lipinski definition) is 4. The molecule has 12 heteroatoms. The summed E-state index contributed by atoms with van der Waals surface area (Å²) in [5.74, 6) is -0.567. The summed E-state index contributed by atoms with van der Waals surface area (Å²) in [5.41, 5.74) is 7.00. The van der Waals surface area contributed by atoms with Crippen molar-refractivity contribution in [1.82, 2.24) is 35.6 Å². The summed E-state index contributed by atoms with van der Waals surface area (Å²) in [6.45, 7) is 16.6. The molecular weight excluding hydrogens is 696 g/mol. The molecule has 4 aromatic rings. The molecule has 2 aromatic carbocycles. The molecular formula is C43H59FN8O3. The Bertz CT molecular complexity index is 1930. The van der Waals surface area contributed by atoms with Crippen LogP contribution in [0.5, 0.6) is 0 Å². The van der Waals surface area contributed by atoms with Crippen molar-refractivity contribution in [3.63, 3.8) is 0 Å². The van der Waals surface area contributed by atoms with Gasteiger partial charge < -0.3 is 26.0 Å². The van der Waals surface area contributed by atoms with Crippen molar-refractivity contribution in [2.75, 3.05) is 18.5 Å². The van der Waals surface area contributed by atoms with Crippen molar-refractivity contribution >= 4 is 28.5 Å². The fraction of sp³-hybridized carbons (Fsp3) is 0.535. The van der Waals surface area contributed by atoms with Crippen LogP contribution in [0.15, 0.2) is 48.7 Å². The Morgan fingerprint density at radius 2 is 1.64 bits per heavy atom. The van der Waals surface area contributed by atoms with Crippen LogP contribution in [0.1, 0.15) is 96.0 Å². The smallest absolute Gasteiger partial charge is 0.220 e. The molecule has 0 saturated carbocycles. The lowest BCUT2D eigenvalue weighted by molar-refractivity contribution is -0.122. The van der Waals surface area contributed by atoms with E-state index in [2.05, 4.69) is 84.9 Å². The van der Waals surface area contributed by atoms with Crippen LogP contribution in [0, 0.1) is 5.82 Å². The zero-order chi connectivity index (χ0) is 39.1. The highest BCUT2D eigenvalue weighted by atomic mass is 19.1. The molecule has 2 fully saturated rings. The van der Waals surface area contributed by atoms with Crippen LogP contribution in [0.25, 0.3) is 22.2 Å². The molecule has 4 heterocycles. The van der Waals surface area contributed by atoms with Gasteiger partial charge in [0.15, 0.2) is 5.65 Å². The number of nitrogens with zero attached hydrogens (tertiary/aromatic N) is 4. The molecule has 2 aliphatic heterocycles. The predicted octanol–water partition coefficient (Wildman–Crippen LogP) is 6.47. The van der Waals surface area contributed by atoms with Crippen molar-refractivity contribution in [2.45, 2.75) is 136 Å². The third-order valence-electron chi connectivity index (χ3n) is 11.6. The van der Waals surface area contributed by atoms with Gasteiger partial charge in [-0.25, -0.2) is 14.1 Å². The van der Waals surface area contributed by atoms with E-state index in [1.807, 2.05) is 29.1 Å². The normalized spacial score (nSPS) is 20.8. The fourth-order valence-electron chi connectivity index (χ4n) is 7.95. The second-order valence-corrected chi connectivity index (χ2v) is 15.3. The van der Waals surface area contributed by atoms with Crippen LogP contribution in [-0.2, 0) is 46.9 Å². The third-order valence-corrected chi connectivity index (χ3v) is 11.6. The van der Waals surface area contributed by atoms with Gasteiger partial charge in [-0.05, 0) is 95.2 Å². The van der Waals surface area contributed by atoms with Gasteiger partial charge in [-0.15, -0.1) is 0 Å². The second kappa shape index (κ2) is 18.5. The van der Waals surface area contributed by atoms with Crippen LogP contribution >= 0.6 is 0 Å². The number of pyridine rings is 1. The van der Waals surface area contributed by atoms with E-state index in [9.17, 15) is 9.59 Å². The highest BCUT2D eigenvalue weighted by Gasteiger charge is 2.34. The zero-order valence-corrected chi connectivity index (χ0v) is 33.4. The highest BCUT2D eigenvalue weighted by Crippen LogP contribution is 2.32. The van der Waals surface area contributed by atoms with E-state index >= 15 is 4.39 Å². The van der Waals surface area contributed by atoms with E-state index in [0.717, 1.165) is 90.2 Å². The van der Waals surface area contributed by atoms with Gasteiger partial charge in [-0.2, -0.15) is 5.10 Å². The SMILES string of the molecule is CCc1nc2c(cnn2CC)c(NC2CCOCC2)c1CNC(=O)CCCC(=O)NCc1ccc(F)c(-c2cccc(CN3C(C)C(C)NC(C)C3C)c2)c1. The number of ether oxygens (including phenoxy) is 1. The lowest BCUT2D eigenvalue weighted by Gasteiger charge is -2.47. The van der Waals surface area contributed by atoms with Crippen LogP contribution < -0.4 is 21.3 Å². The summed E-state index contributed by atoms with van der Waals surface area (Å²) < 4.78 is 22.7. The second-order valence-electron chi connectivity index (χ2n) is 15.3. The Hall–Kier alpha value is -4.39. The van der Waals surface area contributed by atoms with Crippen LogP contribution in [-0.4, -0.2) is 74.9 Å². The van der Waals surface area contributed by atoms with Crippen molar-refractivity contribution in [1.29, 1.82) is 0 Å². The number of aromatic nitrogens is 3. The first-order valence-electron chi connectivity index (χ1n) is 20.2. The maximum Gasteiger partial charge on any atom is 0.220 e. The molecule has 2 aliphatic rings. The molecule has 0 bridgehead atoms. The number of aryl methyl sites for hydroxylation is 2. The molecule has 2 aromatic heterocycles. The van der Waals surface area contributed by atoms with Gasteiger partial charge in [-0.3, -0.25) is 14.5 Å². The monoisotopic (exact) mass is 754 g/mol. The van der Waals surface area contributed by atoms with Gasteiger partial charge in [0.2, 0.25) is 11.8 Å². The Morgan fingerprint density at radius 1 is 0.927 bits per heavy atom. The van der Waals surface area contributed by atoms with Gasteiger partial charge in [0.05, 0.1) is 17.3 Å². The molecule has 2 saturated heterocycles. The molecule has 4 N–H and O–H groups in total. The van der Waals surface area contributed by atoms with E-state index < -0.39 is 0 Å². The van der Waals surface area contributed by atoms with E-state index in [1.54, 1.807) is 6.07 Å². The molecule has 4 unspecified atom stereocenters. The first kappa shape index (κ1) is 40.3. The number of rotatable bonds is 15. The Kier molecular flexibility index (Phi) is 13.5. The molecule has 55 heavy (non-hydrogen) atoms. The van der Waals surface area contributed by atoms with Gasteiger partial charge in [0.1, 0.15) is 5.82 Å². The lowest BCUT2D eigenvalue weighted by atomic mass is 9.95. The maximum atomic E-state index is 15.2. The number of anilines is 1. The fourth-order valence-corrected chi connectivity index (χ4v) is 7.95. The first-order chi connectivity index (χ1) is 26.6. The third kappa shape index (κ3) is 9.71. The van der Waals surface area contributed by atoms with Gasteiger partial charge in [0.25, 0.3) is 0 Å². The molecule has 4 atom stereocenters. The summed E-state index contributed by atoms with van der Waals surface area (Å²) in [6.07, 6.45) is 5.24. The average molecular weight is 755 g/mol. The first-order valence-corrected chi connectivity index (χ1v) is 20.2. The summed E-state index contributed by atoms with van der Waals surface area (Å²) in [7, 11) is 0. The molecule has 0 spiro atoms. The number of carbonyl (C=O) groups excluding carboxylic acids is 2. The lowest BCUT2D eigenvalue weighted by Crippen LogP contribution is -2.63. The van der Waals surface area contributed by atoms with E-state index in [4.69, 9.17) is 9.72 Å². The highest BCUT2D eigenvalue weighted by molar-refractivity contribution is 5.92. The Labute approximate surface area is 325 Å². The van der Waals surface area contributed by atoms with Crippen LogP contribution in [0.3, 0.4) is 0 Å². The van der Waals surface area contributed by atoms with Crippen molar-refractivity contribution in [3.05, 3.63) is 76.9 Å². The molecule has 0 aliphatic carbocycles. The zero-order valence-electron chi connectivity index (χ0n) is 33.4. The van der Waals surface area contributed by atoms with E-state index in [0.29, 0.717) is 42.7 Å². The summed E-state index contributed by atoms with van der Waals surface area (Å²) in [4.78, 5) is 33.3. The molecule has 2 amide bonds. The van der Waals surface area contributed by atoms with Gasteiger partial charge >= 0.3 is 0 Å². The average Bonchev–Trinajstić information content (AvgIpc) is 3.61. The quantitative estimate of drug-likeness (QED) is 0.109. The Balaban J connectivity index is 1.02. The number of carbonyl (C=O) groups is 2. The minimum atomic E-state index is -0.298. The van der Waals surface area contributed by atoms with Crippen molar-refractivity contribution < 1.29 is 18.7 Å². The van der Waals surface area contributed by atoms with E-state index in [-0.39, 0.29) is 43.1 Å². The summed E-state index contributed by atoms with van der Waals surface area (Å²) in [5, 5.41) is 19.0. The van der Waals surface area contributed by atoms with Crippen LogP contribution in [0.2, 0.25) is 0 Å². The molecule has 0 radical (unpaired) electrons. The van der Waals surface area contributed by atoms with Crippen LogP contribution in [0.4, 0.5) is 10.1 Å². The van der Waals surface area contributed by atoms with Crippen molar-refractivity contribution in [2.24, 2.45) is 0 Å². The predicted molar refractivity (Wildman–Crippen MR) is 216 cm³/mol. The number of fused-ring (bicyclic) bond motifs is 1. The number of nitrogens with one attached hydrogen (secondary N) is 4. The number of halogens is 1. The molecule has 6 rings (SSSR count).